The van der Waals surface area contributed by atoms with Crippen LogP contribution in [0.25, 0.3) is 0 Å². The summed E-state index contributed by atoms with van der Waals surface area (Å²) in [6, 6.07) is 7.90. The summed E-state index contributed by atoms with van der Waals surface area (Å²) in [5.41, 5.74) is 0. The number of ether oxygens (including phenoxy) is 2. The van der Waals surface area contributed by atoms with Crippen LogP contribution >= 0.6 is 11.8 Å². The molecule has 1 aromatic rings. The first-order chi connectivity index (χ1) is 7.76. The van der Waals surface area contributed by atoms with Gasteiger partial charge in [-0.05, 0) is 30.4 Å². The third-order valence-corrected chi connectivity index (χ3v) is 3.14. The van der Waals surface area contributed by atoms with Crippen molar-refractivity contribution < 1.29 is 14.3 Å². The van der Waals surface area contributed by atoms with Crippen LogP contribution in [-0.2, 0) is 9.53 Å². The third-order valence-electron chi connectivity index (χ3n) is 2.06. The normalized spacial score (nSPS) is 9.88. The predicted octanol–water partition coefficient (Wildman–Crippen LogP) is 2.74. The zero-order valence-electron chi connectivity index (χ0n) is 9.56. The van der Waals surface area contributed by atoms with Crippen LogP contribution < -0.4 is 4.74 Å². The van der Waals surface area contributed by atoms with Crippen molar-refractivity contribution >= 4 is 17.7 Å². The fourth-order valence-electron chi connectivity index (χ4n) is 1.20. The molecular weight excluding hydrogens is 224 g/mol. The summed E-state index contributed by atoms with van der Waals surface area (Å²) in [7, 11) is 3.07. The molecule has 0 aliphatic rings. The van der Waals surface area contributed by atoms with Crippen LogP contribution in [0.2, 0.25) is 0 Å². The molecule has 0 aromatic heterocycles. The standard InChI is InChI=1S/C12H16O3S/c1-14-10-5-3-6-11(9-10)16-8-4-7-12(13)15-2/h3,5-6,9H,4,7-8H2,1-2H3. The van der Waals surface area contributed by atoms with E-state index in [1.54, 1.807) is 18.9 Å². The van der Waals surface area contributed by atoms with E-state index in [2.05, 4.69) is 4.74 Å². The number of hydrogen-bond donors (Lipinski definition) is 0. The van der Waals surface area contributed by atoms with Crippen molar-refractivity contribution in [2.45, 2.75) is 17.7 Å². The number of rotatable bonds is 6. The first-order valence-electron chi connectivity index (χ1n) is 5.10. The van der Waals surface area contributed by atoms with Crippen LogP contribution in [0.1, 0.15) is 12.8 Å². The molecule has 0 spiro atoms. The Morgan fingerprint density at radius 3 is 2.88 bits per heavy atom. The Bertz CT molecular complexity index is 339. The minimum Gasteiger partial charge on any atom is -0.497 e. The maximum Gasteiger partial charge on any atom is 0.305 e. The highest BCUT2D eigenvalue weighted by Crippen LogP contribution is 2.23. The van der Waals surface area contributed by atoms with Crippen molar-refractivity contribution in [3.05, 3.63) is 24.3 Å². The fraction of sp³-hybridized carbons (Fsp3) is 0.417. The maximum atomic E-state index is 10.9. The molecule has 0 radical (unpaired) electrons. The van der Waals surface area contributed by atoms with Crippen LogP contribution in [0.15, 0.2) is 29.2 Å². The van der Waals surface area contributed by atoms with Crippen molar-refractivity contribution in [3.63, 3.8) is 0 Å². The molecule has 0 aliphatic heterocycles. The lowest BCUT2D eigenvalue weighted by molar-refractivity contribution is -0.140. The number of thioether (sulfide) groups is 1. The van der Waals surface area contributed by atoms with E-state index >= 15 is 0 Å². The first kappa shape index (κ1) is 12.9. The molecular formula is C12H16O3S. The SMILES string of the molecule is COC(=O)CCCSc1cccc(OC)c1. The Kier molecular flexibility index (Phi) is 5.78. The van der Waals surface area contributed by atoms with Crippen molar-refractivity contribution in [2.75, 3.05) is 20.0 Å². The molecule has 0 bridgehead atoms. The van der Waals surface area contributed by atoms with Gasteiger partial charge in [-0.1, -0.05) is 6.07 Å². The number of benzene rings is 1. The summed E-state index contributed by atoms with van der Waals surface area (Å²) in [4.78, 5) is 12.0. The van der Waals surface area contributed by atoms with Crippen molar-refractivity contribution in [3.8, 4) is 5.75 Å². The van der Waals surface area contributed by atoms with Gasteiger partial charge in [-0.3, -0.25) is 4.79 Å². The third kappa shape index (κ3) is 4.57. The molecule has 0 N–H and O–H groups in total. The molecule has 1 rings (SSSR count). The van der Waals surface area contributed by atoms with E-state index in [0.29, 0.717) is 6.42 Å². The maximum absolute atomic E-state index is 10.9. The minimum atomic E-state index is -0.147. The van der Waals surface area contributed by atoms with E-state index < -0.39 is 0 Å². The van der Waals surface area contributed by atoms with E-state index in [4.69, 9.17) is 4.74 Å². The molecule has 0 heterocycles. The average Bonchev–Trinajstić information content (AvgIpc) is 2.34. The van der Waals surface area contributed by atoms with Crippen LogP contribution in [0.5, 0.6) is 5.75 Å². The molecule has 16 heavy (non-hydrogen) atoms. The van der Waals surface area contributed by atoms with Crippen LogP contribution in [0.3, 0.4) is 0 Å². The van der Waals surface area contributed by atoms with Gasteiger partial charge in [-0.2, -0.15) is 0 Å². The predicted molar refractivity (Wildman–Crippen MR) is 65.0 cm³/mol. The second-order valence-corrected chi connectivity index (χ2v) is 4.38. The van der Waals surface area contributed by atoms with E-state index in [0.717, 1.165) is 22.8 Å². The molecule has 0 fully saturated rings. The Morgan fingerprint density at radius 1 is 1.38 bits per heavy atom. The molecule has 0 unspecified atom stereocenters. The number of esters is 1. The smallest absolute Gasteiger partial charge is 0.305 e. The lowest BCUT2D eigenvalue weighted by Crippen LogP contribution is -1.99. The lowest BCUT2D eigenvalue weighted by Gasteiger charge is -2.03. The molecule has 0 saturated carbocycles. The molecule has 0 atom stereocenters. The molecule has 0 aliphatic carbocycles. The van der Waals surface area contributed by atoms with Gasteiger partial charge in [0.05, 0.1) is 14.2 Å². The van der Waals surface area contributed by atoms with Gasteiger partial charge in [0.2, 0.25) is 0 Å². The highest BCUT2D eigenvalue weighted by molar-refractivity contribution is 7.99. The highest BCUT2D eigenvalue weighted by atomic mass is 32.2. The summed E-state index contributed by atoms with van der Waals surface area (Å²) < 4.78 is 9.70. The first-order valence-corrected chi connectivity index (χ1v) is 6.08. The zero-order chi connectivity index (χ0) is 11.8. The number of methoxy groups -OCH3 is 2. The van der Waals surface area contributed by atoms with Crippen LogP contribution in [0, 0.1) is 0 Å². The zero-order valence-corrected chi connectivity index (χ0v) is 10.4. The Labute approximate surface area is 100 Å². The lowest BCUT2D eigenvalue weighted by atomic mass is 10.3. The van der Waals surface area contributed by atoms with E-state index in [1.165, 1.54) is 7.11 Å². The van der Waals surface area contributed by atoms with Crippen LogP contribution in [0.4, 0.5) is 0 Å². The molecule has 3 nitrogen and oxygen atoms in total. The Balaban J connectivity index is 2.28. The van der Waals surface area contributed by atoms with Crippen molar-refractivity contribution in [1.29, 1.82) is 0 Å². The molecule has 88 valence electrons. The second kappa shape index (κ2) is 7.17. The summed E-state index contributed by atoms with van der Waals surface area (Å²) in [6.45, 7) is 0. The second-order valence-electron chi connectivity index (χ2n) is 3.21. The number of hydrogen-bond acceptors (Lipinski definition) is 4. The average molecular weight is 240 g/mol. The van der Waals surface area contributed by atoms with Gasteiger partial charge in [0, 0.05) is 11.3 Å². The van der Waals surface area contributed by atoms with Gasteiger partial charge >= 0.3 is 5.97 Å². The quantitative estimate of drug-likeness (QED) is 0.435. The summed E-state index contributed by atoms with van der Waals surface area (Å²) in [6.07, 6.45) is 1.31. The number of carbonyl (C=O) groups excluding carboxylic acids is 1. The molecule has 1 aromatic carbocycles. The number of carbonyl (C=O) groups is 1. The molecule has 0 saturated heterocycles. The van der Waals surface area contributed by atoms with Gasteiger partial charge < -0.3 is 9.47 Å². The van der Waals surface area contributed by atoms with Crippen molar-refractivity contribution in [2.24, 2.45) is 0 Å². The topological polar surface area (TPSA) is 35.5 Å². The minimum absolute atomic E-state index is 0.147. The van der Waals surface area contributed by atoms with Gasteiger partial charge in [0.15, 0.2) is 0 Å². The van der Waals surface area contributed by atoms with E-state index in [1.807, 2.05) is 24.3 Å². The largest absolute Gasteiger partial charge is 0.497 e. The summed E-state index contributed by atoms with van der Waals surface area (Å²) in [5.74, 6) is 1.62. The Hall–Kier alpha value is -1.16. The van der Waals surface area contributed by atoms with E-state index in [-0.39, 0.29) is 5.97 Å². The fourth-order valence-corrected chi connectivity index (χ4v) is 2.10. The summed E-state index contributed by atoms with van der Waals surface area (Å²) in [5, 5.41) is 0. The van der Waals surface area contributed by atoms with E-state index in [9.17, 15) is 4.79 Å². The van der Waals surface area contributed by atoms with Crippen molar-refractivity contribution in [1.82, 2.24) is 0 Å². The molecule has 0 amide bonds. The van der Waals surface area contributed by atoms with Gasteiger partial charge in [0.1, 0.15) is 5.75 Å². The van der Waals surface area contributed by atoms with Gasteiger partial charge in [-0.15, -0.1) is 11.8 Å². The van der Waals surface area contributed by atoms with Crippen LogP contribution in [-0.4, -0.2) is 25.9 Å². The van der Waals surface area contributed by atoms with Gasteiger partial charge in [0.25, 0.3) is 0 Å². The monoisotopic (exact) mass is 240 g/mol. The van der Waals surface area contributed by atoms with Gasteiger partial charge in [-0.25, -0.2) is 0 Å². The highest BCUT2D eigenvalue weighted by Gasteiger charge is 2.01. The Morgan fingerprint density at radius 2 is 2.19 bits per heavy atom. The molecule has 4 heteroatoms. The summed E-state index contributed by atoms with van der Waals surface area (Å²) >= 11 is 1.71.